The molecule has 0 unspecified atom stereocenters. The van der Waals surface area contributed by atoms with Gasteiger partial charge < -0.3 is 4.74 Å². The Morgan fingerprint density at radius 1 is 1.33 bits per heavy atom. The lowest BCUT2D eigenvalue weighted by Gasteiger charge is -2.13. The van der Waals surface area contributed by atoms with E-state index in [4.69, 9.17) is 4.74 Å². The fraction of sp³-hybridized carbons (Fsp3) is 0.778. The van der Waals surface area contributed by atoms with Gasteiger partial charge in [-0.1, -0.05) is 38.3 Å². The summed E-state index contributed by atoms with van der Waals surface area (Å²) in [5.41, 5.74) is 2.32. The van der Waals surface area contributed by atoms with Crippen LogP contribution in [0.2, 0.25) is 19.6 Å². The first kappa shape index (κ1) is 12.1. The monoisotopic (exact) mass is 204 g/mol. The lowest BCUT2D eigenvalue weighted by atomic mass is 10.9. The maximum atomic E-state index is 5.52. The van der Waals surface area contributed by atoms with Crippen LogP contribution in [0.4, 0.5) is 0 Å². The van der Waals surface area contributed by atoms with Crippen molar-refractivity contribution in [2.45, 2.75) is 33.5 Å². The summed E-state index contributed by atoms with van der Waals surface area (Å²) in [6, 6.07) is 0. The third-order valence-corrected chi connectivity index (χ3v) is 3.27. The molecule has 0 aromatic carbocycles. The lowest BCUT2D eigenvalue weighted by molar-refractivity contribution is 0.258. The summed E-state index contributed by atoms with van der Waals surface area (Å²) in [6.45, 7) is 11.9. The molecule has 0 fully saturated rings. The molecular weight excluding hydrogens is 184 g/mol. The predicted octanol–water partition coefficient (Wildman–Crippen LogP) is 3.49. The summed E-state index contributed by atoms with van der Waals surface area (Å²) in [4.78, 5) is 0. The molecule has 72 valence electrons. The molecule has 0 aliphatic carbocycles. The summed E-state index contributed by atoms with van der Waals surface area (Å²) in [7, 11) is -1.10. The fourth-order valence-corrected chi connectivity index (χ4v) is 3.43. The van der Waals surface area contributed by atoms with Gasteiger partial charge in [0.2, 0.25) is 0 Å². The maximum absolute atomic E-state index is 5.52. The minimum absolute atomic E-state index is 0.781. The van der Waals surface area contributed by atoms with Gasteiger partial charge in [0.1, 0.15) is 5.09 Å². The van der Waals surface area contributed by atoms with Crippen LogP contribution in [0.25, 0.3) is 0 Å². The van der Waals surface area contributed by atoms with Crippen molar-refractivity contribution in [1.29, 1.82) is 0 Å². The topological polar surface area (TPSA) is 9.23 Å². The summed E-state index contributed by atoms with van der Waals surface area (Å²) in [5, 5.41) is 1.12. The van der Waals surface area contributed by atoms with E-state index in [1.807, 2.05) is 6.92 Å². The molecule has 0 spiro atoms. The van der Waals surface area contributed by atoms with E-state index in [1.54, 1.807) is 11.8 Å². The molecule has 0 aliphatic rings. The first-order valence-corrected chi connectivity index (χ1v) is 9.04. The second-order valence-electron chi connectivity index (χ2n) is 3.70. The zero-order chi connectivity index (χ0) is 9.61. The van der Waals surface area contributed by atoms with E-state index in [2.05, 4.69) is 32.3 Å². The first-order valence-electron chi connectivity index (χ1n) is 4.48. The largest absolute Gasteiger partial charge is 0.488 e. The van der Waals surface area contributed by atoms with Crippen molar-refractivity contribution in [2.75, 3.05) is 12.4 Å². The van der Waals surface area contributed by atoms with Crippen molar-refractivity contribution in [3.05, 3.63) is 10.8 Å². The molecule has 0 heterocycles. The number of hydrogen-bond donors (Lipinski definition) is 0. The van der Waals surface area contributed by atoms with Crippen molar-refractivity contribution < 1.29 is 4.74 Å². The highest BCUT2D eigenvalue weighted by Gasteiger charge is 2.11. The van der Waals surface area contributed by atoms with E-state index in [9.17, 15) is 0 Å². The predicted molar refractivity (Wildman–Crippen MR) is 61.2 cm³/mol. The van der Waals surface area contributed by atoms with Gasteiger partial charge in [0.15, 0.2) is 0 Å². The standard InChI is InChI=1S/C9H20OSSi/c1-6-10-9(11-7-2)8-12(3,4)5/h8H,6-7H2,1-5H3/b9-8+. The molecule has 0 aromatic heterocycles. The molecule has 0 amide bonds. The Kier molecular flexibility index (Phi) is 5.75. The molecule has 0 rings (SSSR count). The molecule has 0 N–H and O–H groups in total. The number of ether oxygens (including phenoxy) is 1. The zero-order valence-corrected chi connectivity index (χ0v) is 10.6. The Morgan fingerprint density at radius 2 is 1.92 bits per heavy atom. The summed E-state index contributed by atoms with van der Waals surface area (Å²) >= 11 is 1.80. The molecule has 0 atom stereocenters. The van der Waals surface area contributed by atoms with Crippen LogP contribution in [-0.2, 0) is 4.74 Å². The molecule has 0 saturated heterocycles. The first-order chi connectivity index (χ1) is 5.49. The van der Waals surface area contributed by atoms with Gasteiger partial charge in [-0.2, -0.15) is 0 Å². The SMILES string of the molecule is CCO/C(=C\[Si](C)(C)C)SCC. The van der Waals surface area contributed by atoms with Crippen molar-refractivity contribution >= 4 is 19.8 Å². The second-order valence-corrected chi connectivity index (χ2v) is 9.98. The van der Waals surface area contributed by atoms with Crippen LogP contribution < -0.4 is 0 Å². The van der Waals surface area contributed by atoms with E-state index in [1.165, 1.54) is 0 Å². The van der Waals surface area contributed by atoms with Crippen LogP contribution in [0.1, 0.15) is 13.8 Å². The highest BCUT2D eigenvalue weighted by molar-refractivity contribution is 8.02. The molecular formula is C9H20OSSi. The Labute approximate surface area is 81.6 Å². The van der Waals surface area contributed by atoms with Crippen molar-refractivity contribution in [2.24, 2.45) is 0 Å². The van der Waals surface area contributed by atoms with E-state index in [-0.39, 0.29) is 0 Å². The Morgan fingerprint density at radius 3 is 2.25 bits per heavy atom. The minimum Gasteiger partial charge on any atom is -0.488 e. The van der Waals surface area contributed by atoms with Crippen LogP contribution in [-0.4, -0.2) is 20.4 Å². The Balaban J connectivity index is 4.17. The van der Waals surface area contributed by atoms with Crippen molar-refractivity contribution in [3.8, 4) is 0 Å². The molecule has 12 heavy (non-hydrogen) atoms. The van der Waals surface area contributed by atoms with E-state index < -0.39 is 8.07 Å². The van der Waals surface area contributed by atoms with Gasteiger partial charge in [-0.05, 0) is 18.4 Å². The smallest absolute Gasteiger partial charge is 0.145 e. The normalized spacial score (nSPS) is 13.2. The van der Waals surface area contributed by atoms with E-state index >= 15 is 0 Å². The van der Waals surface area contributed by atoms with Crippen LogP contribution in [0.5, 0.6) is 0 Å². The van der Waals surface area contributed by atoms with Gasteiger partial charge in [-0.15, -0.1) is 0 Å². The quantitative estimate of drug-likeness (QED) is 0.501. The molecule has 0 aliphatic heterocycles. The average Bonchev–Trinajstić information content (AvgIpc) is 1.84. The maximum Gasteiger partial charge on any atom is 0.145 e. The fourth-order valence-electron chi connectivity index (χ4n) is 0.763. The van der Waals surface area contributed by atoms with Crippen molar-refractivity contribution in [3.63, 3.8) is 0 Å². The van der Waals surface area contributed by atoms with E-state index in [0.717, 1.165) is 17.5 Å². The Bertz CT molecular complexity index is 141. The van der Waals surface area contributed by atoms with Gasteiger partial charge in [0.05, 0.1) is 14.7 Å². The zero-order valence-electron chi connectivity index (χ0n) is 8.81. The van der Waals surface area contributed by atoms with Gasteiger partial charge in [0.25, 0.3) is 0 Å². The number of rotatable bonds is 5. The van der Waals surface area contributed by atoms with Crippen LogP contribution >= 0.6 is 11.8 Å². The molecule has 3 heteroatoms. The van der Waals surface area contributed by atoms with Gasteiger partial charge >= 0.3 is 0 Å². The van der Waals surface area contributed by atoms with Crippen LogP contribution in [0.15, 0.2) is 10.8 Å². The third kappa shape index (κ3) is 6.79. The highest BCUT2D eigenvalue weighted by atomic mass is 32.2. The minimum atomic E-state index is -1.10. The van der Waals surface area contributed by atoms with Crippen LogP contribution in [0.3, 0.4) is 0 Å². The van der Waals surface area contributed by atoms with Crippen molar-refractivity contribution in [1.82, 2.24) is 0 Å². The second kappa shape index (κ2) is 5.70. The van der Waals surface area contributed by atoms with Gasteiger partial charge in [0, 0.05) is 0 Å². The molecule has 1 nitrogen and oxygen atoms in total. The van der Waals surface area contributed by atoms with Gasteiger partial charge in [-0.25, -0.2) is 0 Å². The Hall–Kier alpha value is 0.107. The third-order valence-electron chi connectivity index (χ3n) is 1.12. The number of hydrogen-bond acceptors (Lipinski definition) is 2. The van der Waals surface area contributed by atoms with Crippen LogP contribution in [0, 0.1) is 0 Å². The lowest BCUT2D eigenvalue weighted by Crippen LogP contribution is -2.17. The molecule has 0 saturated carbocycles. The summed E-state index contributed by atoms with van der Waals surface area (Å²) in [6.07, 6.45) is 0. The highest BCUT2D eigenvalue weighted by Crippen LogP contribution is 2.19. The molecule has 0 radical (unpaired) electrons. The van der Waals surface area contributed by atoms with Gasteiger partial charge in [-0.3, -0.25) is 0 Å². The average molecular weight is 204 g/mol. The summed E-state index contributed by atoms with van der Waals surface area (Å²) < 4.78 is 5.52. The summed E-state index contributed by atoms with van der Waals surface area (Å²) in [5.74, 6) is 1.09. The number of thioether (sulfide) groups is 1. The molecule has 0 bridgehead atoms. The van der Waals surface area contributed by atoms with E-state index in [0.29, 0.717) is 0 Å². The molecule has 0 aromatic rings.